The Morgan fingerprint density at radius 3 is 2.42 bits per heavy atom. The molecule has 0 aliphatic rings. The highest BCUT2D eigenvalue weighted by Crippen LogP contribution is 2.42. The van der Waals surface area contributed by atoms with E-state index in [1.807, 2.05) is 38.1 Å². The standard InChI is InChI=1S/C19H16F3NO2S/c1-11(2)13-5-3-4-6-16(13)26-17-8-7-12(9-14(17)19(20,21)22)15-10-25-18(24)23-15/h3-11H,1-2H3,(H,23,24). The second-order valence-corrected chi connectivity index (χ2v) is 7.15. The van der Waals surface area contributed by atoms with Gasteiger partial charge in [0.2, 0.25) is 0 Å². The van der Waals surface area contributed by atoms with Crippen LogP contribution >= 0.6 is 11.8 Å². The number of aromatic nitrogens is 1. The van der Waals surface area contributed by atoms with Crippen molar-refractivity contribution in [1.29, 1.82) is 0 Å². The van der Waals surface area contributed by atoms with Gasteiger partial charge in [-0.2, -0.15) is 13.2 Å². The fourth-order valence-electron chi connectivity index (χ4n) is 2.60. The third-order valence-corrected chi connectivity index (χ3v) is 5.05. The molecule has 0 aliphatic carbocycles. The average Bonchev–Trinajstić information content (AvgIpc) is 3.01. The van der Waals surface area contributed by atoms with Crippen LogP contribution in [0.5, 0.6) is 0 Å². The molecule has 0 aliphatic heterocycles. The quantitative estimate of drug-likeness (QED) is 0.611. The van der Waals surface area contributed by atoms with Crippen LogP contribution in [-0.4, -0.2) is 4.98 Å². The maximum Gasteiger partial charge on any atom is 0.417 e. The van der Waals surface area contributed by atoms with Crippen molar-refractivity contribution in [3.8, 4) is 11.3 Å². The molecule has 1 aromatic heterocycles. The minimum atomic E-state index is -4.52. The average molecular weight is 379 g/mol. The molecule has 0 bridgehead atoms. The summed E-state index contributed by atoms with van der Waals surface area (Å²) >= 11 is 1.09. The number of alkyl halides is 3. The maximum atomic E-state index is 13.6. The Morgan fingerprint density at radius 2 is 1.81 bits per heavy atom. The molecule has 0 amide bonds. The molecule has 1 N–H and O–H groups in total. The van der Waals surface area contributed by atoms with E-state index in [0.717, 1.165) is 34.6 Å². The van der Waals surface area contributed by atoms with Gasteiger partial charge in [0.15, 0.2) is 0 Å². The minimum Gasteiger partial charge on any atom is -0.416 e. The van der Waals surface area contributed by atoms with Crippen LogP contribution in [0.2, 0.25) is 0 Å². The van der Waals surface area contributed by atoms with Gasteiger partial charge in [0.05, 0.1) is 11.3 Å². The highest BCUT2D eigenvalue weighted by Gasteiger charge is 2.34. The van der Waals surface area contributed by atoms with E-state index in [2.05, 4.69) is 9.40 Å². The third kappa shape index (κ3) is 3.88. The summed E-state index contributed by atoms with van der Waals surface area (Å²) in [5.74, 6) is -0.513. The van der Waals surface area contributed by atoms with Crippen molar-refractivity contribution < 1.29 is 17.6 Å². The van der Waals surface area contributed by atoms with Crippen LogP contribution in [0, 0.1) is 0 Å². The second-order valence-electron chi connectivity index (χ2n) is 6.07. The Labute approximate surface area is 152 Å². The lowest BCUT2D eigenvalue weighted by atomic mass is 10.0. The van der Waals surface area contributed by atoms with Crippen LogP contribution in [0.1, 0.15) is 30.9 Å². The van der Waals surface area contributed by atoms with Gasteiger partial charge in [0.1, 0.15) is 6.26 Å². The number of oxazole rings is 1. The molecular weight excluding hydrogens is 363 g/mol. The maximum absolute atomic E-state index is 13.6. The summed E-state index contributed by atoms with van der Waals surface area (Å²) in [6.45, 7) is 4.00. The molecule has 0 unspecified atom stereocenters. The highest BCUT2D eigenvalue weighted by atomic mass is 32.2. The predicted molar refractivity (Wildman–Crippen MR) is 94.4 cm³/mol. The van der Waals surface area contributed by atoms with E-state index < -0.39 is 17.5 Å². The van der Waals surface area contributed by atoms with Gasteiger partial charge in [-0.15, -0.1) is 0 Å². The number of aromatic amines is 1. The zero-order valence-electron chi connectivity index (χ0n) is 14.1. The van der Waals surface area contributed by atoms with Gasteiger partial charge in [-0.1, -0.05) is 49.9 Å². The van der Waals surface area contributed by atoms with Crippen molar-refractivity contribution in [2.24, 2.45) is 0 Å². The third-order valence-electron chi connectivity index (χ3n) is 3.88. The van der Waals surface area contributed by atoms with Crippen LogP contribution < -0.4 is 5.76 Å². The molecule has 3 aromatic rings. The lowest BCUT2D eigenvalue weighted by Crippen LogP contribution is -2.07. The van der Waals surface area contributed by atoms with Gasteiger partial charge in [-0.05, 0) is 29.7 Å². The van der Waals surface area contributed by atoms with Gasteiger partial charge in [0.25, 0.3) is 0 Å². The first-order valence-corrected chi connectivity index (χ1v) is 8.73. The van der Waals surface area contributed by atoms with Crippen molar-refractivity contribution in [2.75, 3.05) is 0 Å². The molecule has 1 heterocycles. The van der Waals surface area contributed by atoms with Crippen molar-refractivity contribution in [2.45, 2.75) is 35.7 Å². The number of H-pyrrole nitrogens is 1. The summed E-state index contributed by atoms with van der Waals surface area (Å²) < 4.78 is 45.4. The van der Waals surface area contributed by atoms with Crippen LogP contribution in [0.4, 0.5) is 13.2 Å². The summed E-state index contributed by atoms with van der Waals surface area (Å²) in [7, 11) is 0. The number of rotatable bonds is 4. The number of hydrogen-bond donors (Lipinski definition) is 1. The van der Waals surface area contributed by atoms with Gasteiger partial charge >= 0.3 is 11.9 Å². The zero-order valence-corrected chi connectivity index (χ0v) is 14.9. The summed E-state index contributed by atoms with van der Waals surface area (Å²) in [5.41, 5.74) is 0.693. The van der Waals surface area contributed by atoms with Crippen molar-refractivity contribution in [3.05, 3.63) is 70.4 Å². The molecule has 7 heteroatoms. The molecule has 0 saturated heterocycles. The predicted octanol–water partition coefficient (Wildman–Crippen LogP) is 5.93. The first-order valence-electron chi connectivity index (χ1n) is 7.92. The first kappa shape index (κ1) is 18.4. The summed E-state index contributed by atoms with van der Waals surface area (Å²) in [6, 6.07) is 11.4. The van der Waals surface area contributed by atoms with E-state index >= 15 is 0 Å². The van der Waals surface area contributed by atoms with E-state index in [1.165, 1.54) is 12.1 Å². The Hall–Kier alpha value is -2.41. The van der Waals surface area contributed by atoms with Crippen LogP contribution in [0.25, 0.3) is 11.3 Å². The number of halogens is 3. The monoisotopic (exact) mass is 379 g/mol. The number of benzene rings is 2. The Bertz CT molecular complexity index is 973. The van der Waals surface area contributed by atoms with Crippen molar-refractivity contribution in [3.63, 3.8) is 0 Å². The van der Waals surface area contributed by atoms with Crippen molar-refractivity contribution >= 4 is 11.8 Å². The fraction of sp³-hybridized carbons (Fsp3) is 0.211. The van der Waals surface area contributed by atoms with E-state index in [4.69, 9.17) is 0 Å². The van der Waals surface area contributed by atoms with E-state index in [0.29, 0.717) is 0 Å². The SMILES string of the molecule is CC(C)c1ccccc1Sc1ccc(-c2coc(=O)[nH]2)cc1C(F)(F)F. The largest absolute Gasteiger partial charge is 0.417 e. The topological polar surface area (TPSA) is 46.0 Å². The molecule has 26 heavy (non-hydrogen) atoms. The number of hydrogen-bond acceptors (Lipinski definition) is 3. The van der Waals surface area contributed by atoms with Crippen LogP contribution in [0.15, 0.2) is 67.7 Å². The molecule has 3 rings (SSSR count). The molecule has 0 radical (unpaired) electrons. The number of nitrogens with one attached hydrogen (secondary N) is 1. The van der Waals surface area contributed by atoms with E-state index in [-0.39, 0.29) is 22.1 Å². The Balaban J connectivity index is 2.06. The van der Waals surface area contributed by atoms with E-state index in [1.54, 1.807) is 0 Å². The van der Waals surface area contributed by atoms with Gasteiger partial charge in [-0.25, -0.2) is 4.79 Å². The zero-order chi connectivity index (χ0) is 18.9. The Kier molecular flexibility index (Phi) is 5.00. The molecule has 136 valence electrons. The summed E-state index contributed by atoms with van der Waals surface area (Å²) in [4.78, 5) is 14.4. The lowest BCUT2D eigenvalue weighted by molar-refractivity contribution is -0.139. The second kappa shape index (κ2) is 7.07. The fourth-order valence-corrected chi connectivity index (χ4v) is 3.82. The normalized spacial score (nSPS) is 11.9. The van der Waals surface area contributed by atoms with Crippen LogP contribution in [0.3, 0.4) is 0 Å². The highest BCUT2D eigenvalue weighted by molar-refractivity contribution is 7.99. The smallest absolute Gasteiger partial charge is 0.416 e. The minimum absolute atomic E-state index is 0.111. The molecule has 0 atom stereocenters. The molecule has 0 fully saturated rings. The summed E-state index contributed by atoms with van der Waals surface area (Å²) in [6.07, 6.45) is -3.41. The van der Waals surface area contributed by atoms with Gasteiger partial charge in [-0.3, -0.25) is 4.98 Å². The first-order chi connectivity index (χ1) is 12.3. The lowest BCUT2D eigenvalue weighted by Gasteiger charge is -2.16. The Morgan fingerprint density at radius 1 is 1.08 bits per heavy atom. The molecule has 2 aromatic carbocycles. The molecule has 3 nitrogen and oxygen atoms in total. The molecule has 0 spiro atoms. The summed E-state index contributed by atoms with van der Waals surface area (Å²) in [5, 5.41) is 0. The van der Waals surface area contributed by atoms with Crippen molar-refractivity contribution in [1.82, 2.24) is 4.98 Å². The van der Waals surface area contributed by atoms with Gasteiger partial charge in [0, 0.05) is 15.4 Å². The molecular formula is C19H16F3NO2S. The van der Waals surface area contributed by atoms with Crippen LogP contribution in [-0.2, 0) is 6.18 Å². The van der Waals surface area contributed by atoms with Gasteiger partial charge < -0.3 is 4.42 Å². The van der Waals surface area contributed by atoms with E-state index in [9.17, 15) is 18.0 Å². The molecule has 0 saturated carbocycles.